The summed E-state index contributed by atoms with van der Waals surface area (Å²) in [6.07, 6.45) is 2.45. The van der Waals surface area contributed by atoms with Crippen molar-refractivity contribution in [2.45, 2.75) is 52.2 Å². The topological polar surface area (TPSA) is 23.5 Å². The Labute approximate surface area is 93.7 Å². The van der Waals surface area contributed by atoms with Gasteiger partial charge in [0.1, 0.15) is 0 Å². The van der Waals surface area contributed by atoms with Crippen LogP contribution in [0.15, 0.2) is 0 Å². The summed E-state index contributed by atoms with van der Waals surface area (Å²) in [5.74, 6) is 1.43. The zero-order valence-electron chi connectivity index (χ0n) is 10.5. The van der Waals surface area contributed by atoms with Gasteiger partial charge in [0.25, 0.3) is 0 Å². The largest absolute Gasteiger partial charge is 0.389 e. The van der Waals surface area contributed by atoms with Gasteiger partial charge in [0, 0.05) is 31.0 Å². The lowest BCUT2D eigenvalue weighted by molar-refractivity contribution is -0.119. The highest BCUT2D eigenvalue weighted by Crippen LogP contribution is 2.49. The molecule has 1 aliphatic heterocycles. The van der Waals surface area contributed by atoms with Crippen LogP contribution in [0.25, 0.3) is 0 Å². The van der Waals surface area contributed by atoms with Gasteiger partial charge in [-0.15, -0.1) is 0 Å². The van der Waals surface area contributed by atoms with Crippen molar-refractivity contribution >= 4 is 0 Å². The van der Waals surface area contributed by atoms with Crippen molar-refractivity contribution in [1.29, 1.82) is 0 Å². The van der Waals surface area contributed by atoms with E-state index in [1.807, 2.05) is 0 Å². The second-order valence-electron chi connectivity index (χ2n) is 6.06. The van der Waals surface area contributed by atoms with E-state index >= 15 is 0 Å². The van der Waals surface area contributed by atoms with E-state index in [1.165, 1.54) is 12.8 Å². The van der Waals surface area contributed by atoms with Crippen LogP contribution >= 0.6 is 0 Å². The van der Waals surface area contributed by atoms with Gasteiger partial charge in [-0.25, -0.2) is 0 Å². The number of likely N-dealkylation sites (tertiary alicyclic amines) is 1. The van der Waals surface area contributed by atoms with Crippen molar-refractivity contribution in [3.63, 3.8) is 0 Å². The molecular formula is C13H25NO. The van der Waals surface area contributed by atoms with Gasteiger partial charge < -0.3 is 10.0 Å². The Morgan fingerprint density at radius 2 is 1.53 bits per heavy atom. The minimum atomic E-state index is -0.370. The predicted molar refractivity (Wildman–Crippen MR) is 62.7 cm³/mol. The lowest BCUT2D eigenvalue weighted by atomic mass is 9.72. The van der Waals surface area contributed by atoms with Crippen LogP contribution < -0.4 is 0 Å². The maximum Gasteiger partial charge on any atom is 0.0750 e. The molecule has 2 rings (SSSR count). The molecule has 0 aromatic carbocycles. The molecule has 0 amide bonds. The minimum Gasteiger partial charge on any atom is -0.389 e. The zero-order chi connectivity index (χ0) is 11.2. The molecular weight excluding hydrogens is 186 g/mol. The first-order valence-corrected chi connectivity index (χ1v) is 6.42. The van der Waals surface area contributed by atoms with Crippen LogP contribution in [0.4, 0.5) is 0 Å². The Morgan fingerprint density at radius 1 is 1.07 bits per heavy atom. The van der Waals surface area contributed by atoms with E-state index < -0.39 is 0 Å². The Balaban J connectivity index is 2.16. The molecule has 0 spiro atoms. The van der Waals surface area contributed by atoms with Crippen LogP contribution in [0, 0.1) is 17.8 Å². The van der Waals surface area contributed by atoms with E-state index in [9.17, 15) is 5.11 Å². The van der Waals surface area contributed by atoms with Crippen molar-refractivity contribution < 1.29 is 5.11 Å². The van der Waals surface area contributed by atoms with Crippen LogP contribution in [0.5, 0.6) is 0 Å². The minimum absolute atomic E-state index is 0.370. The van der Waals surface area contributed by atoms with Gasteiger partial charge in [0.05, 0.1) is 5.60 Å². The standard InChI is InChI=1S/C13H25NO/c1-9(2)13(15)11-5-6-12(13)8-14(7-11)10(3)4/h9-12,15H,5-8H2,1-4H3. The highest BCUT2D eigenvalue weighted by molar-refractivity contribution is 5.06. The summed E-state index contributed by atoms with van der Waals surface area (Å²) in [5.41, 5.74) is -0.370. The Hall–Kier alpha value is -0.0800. The monoisotopic (exact) mass is 211 g/mol. The quantitative estimate of drug-likeness (QED) is 0.756. The predicted octanol–water partition coefficient (Wildman–Crippen LogP) is 2.12. The smallest absolute Gasteiger partial charge is 0.0750 e. The van der Waals surface area contributed by atoms with E-state index in [-0.39, 0.29) is 5.60 Å². The van der Waals surface area contributed by atoms with E-state index in [0.717, 1.165) is 13.1 Å². The summed E-state index contributed by atoms with van der Waals surface area (Å²) in [5, 5.41) is 10.8. The molecule has 2 fully saturated rings. The van der Waals surface area contributed by atoms with Crippen LogP contribution in [-0.2, 0) is 0 Å². The molecule has 1 saturated carbocycles. The molecule has 1 saturated heterocycles. The molecule has 0 aromatic rings. The second kappa shape index (κ2) is 3.74. The molecule has 1 aliphatic carbocycles. The van der Waals surface area contributed by atoms with Crippen molar-refractivity contribution in [3.8, 4) is 0 Å². The molecule has 15 heavy (non-hydrogen) atoms. The lowest BCUT2D eigenvalue weighted by Crippen LogP contribution is -2.57. The molecule has 2 atom stereocenters. The molecule has 0 aromatic heterocycles. The molecule has 2 heteroatoms. The SMILES string of the molecule is CC(C)N1CC2CCC(C1)C2(O)C(C)C. The van der Waals surface area contributed by atoms with Gasteiger partial charge in [-0.05, 0) is 32.6 Å². The Bertz CT molecular complexity index is 223. The number of piperidine rings is 1. The average molecular weight is 211 g/mol. The fourth-order valence-corrected chi connectivity index (χ4v) is 3.68. The van der Waals surface area contributed by atoms with E-state index in [4.69, 9.17) is 0 Å². The van der Waals surface area contributed by atoms with Crippen molar-refractivity contribution in [3.05, 3.63) is 0 Å². The van der Waals surface area contributed by atoms with Gasteiger partial charge in [0.15, 0.2) is 0 Å². The highest BCUT2D eigenvalue weighted by atomic mass is 16.3. The Kier molecular flexibility index (Phi) is 2.85. The third kappa shape index (κ3) is 1.62. The normalized spacial score (nSPS) is 41.8. The first-order valence-electron chi connectivity index (χ1n) is 6.42. The molecule has 1 N–H and O–H groups in total. The van der Waals surface area contributed by atoms with Crippen LogP contribution in [0.1, 0.15) is 40.5 Å². The third-order valence-corrected chi connectivity index (χ3v) is 4.74. The van der Waals surface area contributed by atoms with E-state index in [0.29, 0.717) is 23.8 Å². The van der Waals surface area contributed by atoms with Crippen molar-refractivity contribution in [2.24, 2.45) is 17.8 Å². The summed E-state index contributed by atoms with van der Waals surface area (Å²) >= 11 is 0. The highest BCUT2D eigenvalue weighted by Gasteiger charge is 2.54. The number of rotatable bonds is 2. The van der Waals surface area contributed by atoms with Gasteiger partial charge >= 0.3 is 0 Å². The second-order valence-corrected chi connectivity index (χ2v) is 6.06. The zero-order valence-corrected chi connectivity index (χ0v) is 10.5. The molecule has 0 radical (unpaired) electrons. The summed E-state index contributed by atoms with van der Waals surface area (Å²) in [6, 6.07) is 0.629. The fourth-order valence-electron chi connectivity index (χ4n) is 3.68. The van der Waals surface area contributed by atoms with Gasteiger partial charge in [-0.3, -0.25) is 0 Å². The van der Waals surface area contributed by atoms with Gasteiger partial charge in [0.2, 0.25) is 0 Å². The first kappa shape index (κ1) is 11.4. The number of aliphatic hydroxyl groups is 1. The molecule has 2 nitrogen and oxygen atoms in total. The molecule has 88 valence electrons. The van der Waals surface area contributed by atoms with Gasteiger partial charge in [-0.2, -0.15) is 0 Å². The summed E-state index contributed by atoms with van der Waals surface area (Å²) in [6.45, 7) is 11.1. The maximum atomic E-state index is 10.8. The maximum absolute atomic E-state index is 10.8. The van der Waals surface area contributed by atoms with Crippen molar-refractivity contribution in [2.75, 3.05) is 13.1 Å². The number of nitrogens with zero attached hydrogens (tertiary/aromatic N) is 1. The van der Waals surface area contributed by atoms with Gasteiger partial charge in [-0.1, -0.05) is 13.8 Å². The fraction of sp³-hybridized carbons (Fsp3) is 1.00. The summed E-state index contributed by atoms with van der Waals surface area (Å²) in [7, 11) is 0. The summed E-state index contributed by atoms with van der Waals surface area (Å²) in [4.78, 5) is 2.54. The number of fused-ring (bicyclic) bond motifs is 2. The average Bonchev–Trinajstić information content (AvgIpc) is 2.39. The van der Waals surface area contributed by atoms with Crippen LogP contribution in [0.3, 0.4) is 0 Å². The van der Waals surface area contributed by atoms with Crippen molar-refractivity contribution in [1.82, 2.24) is 4.90 Å². The first-order chi connectivity index (χ1) is 6.96. The van der Waals surface area contributed by atoms with Crippen LogP contribution in [-0.4, -0.2) is 34.7 Å². The lowest BCUT2D eigenvalue weighted by Gasteiger charge is -2.48. The molecule has 2 unspecified atom stereocenters. The van der Waals surface area contributed by atoms with Crippen LogP contribution in [0.2, 0.25) is 0 Å². The Morgan fingerprint density at radius 3 is 1.87 bits per heavy atom. The molecule has 2 bridgehead atoms. The summed E-state index contributed by atoms with van der Waals surface area (Å²) < 4.78 is 0. The third-order valence-electron chi connectivity index (χ3n) is 4.74. The van der Waals surface area contributed by atoms with E-state index in [2.05, 4.69) is 32.6 Å². The van der Waals surface area contributed by atoms with E-state index in [1.54, 1.807) is 0 Å². The molecule has 1 heterocycles. The number of hydrogen-bond donors (Lipinski definition) is 1. The number of hydrogen-bond acceptors (Lipinski definition) is 2. The molecule has 2 aliphatic rings.